The molecule has 2 rings (SSSR count). The molecular formula is C16H31NO2. The van der Waals surface area contributed by atoms with Gasteiger partial charge in [-0.15, -0.1) is 0 Å². The standard InChI is InChI=1S/C16H31NO2/c1-15(2)11-17(12-16(3,4)19-15)10-13-8-6-5-7-9-14(13)18/h13-14,18H,5-12H2,1-4H3. The summed E-state index contributed by atoms with van der Waals surface area (Å²) in [5, 5.41) is 10.3. The van der Waals surface area contributed by atoms with Crippen molar-refractivity contribution in [3.8, 4) is 0 Å². The predicted molar refractivity (Wildman–Crippen MR) is 78.3 cm³/mol. The average Bonchev–Trinajstić information content (AvgIpc) is 2.39. The normalized spacial score (nSPS) is 35.8. The quantitative estimate of drug-likeness (QED) is 0.783. The number of aliphatic hydroxyl groups excluding tert-OH is 1. The molecule has 1 N–H and O–H groups in total. The lowest BCUT2D eigenvalue weighted by Gasteiger charge is -2.48. The summed E-state index contributed by atoms with van der Waals surface area (Å²) in [6.07, 6.45) is 5.82. The van der Waals surface area contributed by atoms with Crippen LogP contribution in [0.2, 0.25) is 0 Å². The van der Waals surface area contributed by atoms with Crippen molar-refractivity contribution < 1.29 is 9.84 Å². The lowest BCUT2D eigenvalue weighted by Crippen LogP contribution is -2.58. The first-order chi connectivity index (χ1) is 8.77. The van der Waals surface area contributed by atoms with Crippen LogP contribution in [0.5, 0.6) is 0 Å². The molecule has 1 saturated heterocycles. The van der Waals surface area contributed by atoms with Gasteiger partial charge in [0.25, 0.3) is 0 Å². The van der Waals surface area contributed by atoms with Crippen LogP contribution in [-0.4, -0.2) is 46.9 Å². The van der Waals surface area contributed by atoms with E-state index in [0.717, 1.165) is 26.1 Å². The minimum absolute atomic E-state index is 0.0859. The molecule has 1 saturated carbocycles. The first-order valence-electron chi connectivity index (χ1n) is 7.88. The number of hydrogen-bond donors (Lipinski definition) is 1. The van der Waals surface area contributed by atoms with Gasteiger partial charge in [-0.3, -0.25) is 4.90 Å². The molecule has 1 heterocycles. The van der Waals surface area contributed by atoms with Crippen molar-refractivity contribution >= 4 is 0 Å². The highest BCUT2D eigenvalue weighted by molar-refractivity contribution is 4.90. The van der Waals surface area contributed by atoms with E-state index in [9.17, 15) is 5.11 Å². The molecule has 3 heteroatoms. The van der Waals surface area contributed by atoms with Gasteiger partial charge in [-0.2, -0.15) is 0 Å². The molecule has 2 atom stereocenters. The SMILES string of the molecule is CC1(C)CN(CC2CCCCCC2O)CC(C)(C)O1. The molecule has 0 aromatic carbocycles. The summed E-state index contributed by atoms with van der Waals surface area (Å²) < 4.78 is 6.13. The molecule has 0 radical (unpaired) electrons. The van der Waals surface area contributed by atoms with E-state index >= 15 is 0 Å². The fraction of sp³-hybridized carbons (Fsp3) is 1.00. The monoisotopic (exact) mass is 269 g/mol. The van der Waals surface area contributed by atoms with Crippen molar-refractivity contribution in [2.75, 3.05) is 19.6 Å². The predicted octanol–water partition coefficient (Wildman–Crippen LogP) is 2.82. The van der Waals surface area contributed by atoms with E-state index in [1.807, 2.05) is 0 Å². The fourth-order valence-electron chi connectivity index (χ4n) is 3.98. The van der Waals surface area contributed by atoms with E-state index < -0.39 is 0 Å². The van der Waals surface area contributed by atoms with E-state index in [4.69, 9.17) is 4.74 Å². The van der Waals surface area contributed by atoms with Crippen LogP contribution in [-0.2, 0) is 4.74 Å². The highest BCUT2D eigenvalue weighted by Gasteiger charge is 2.39. The second-order valence-electron chi connectivity index (χ2n) is 7.76. The van der Waals surface area contributed by atoms with Crippen molar-refractivity contribution in [2.24, 2.45) is 5.92 Å². The smallest absolute Gasteiger partial charge is 0.0760 e. The number of aliphatic hydroxyl groups is 1. The van der Waals surface area contributed by atoms with Crippen LogP contribution < -0.4 is 0 Å². The first kappa shape index (κ1) is 15.3. The van der Waals surface area contributed by atoms with Gasteiger partial charge in [0.1, 0.15) is 0 Å². The number of morpholine rings is 1. The molecule has 2 aliphatic rings. The molecule has 1 aliphatic carbocycles. The molecule has 19 heavy (non-hydrogen) atoms. The Morgan fingerprint density at radius 2 is 1.58 bits per heavy atom. The van der Waals surface area contributed by atoms with Gasteiger partial charge < -0.3 is 9.84 Å². The molecule has 0 spiro atoms. The maximum Gasteiger partial charge on any atom is 0.0760 e. The Morgan fingerprint density at radius 1 is 1.00 bits per heavy atom. The molecule has 0 amide bonds. The Bertz CT molecular complexity index is 285. The zero-order valence-electron chi connectivity index (χ0n) is 13.1. The van der Waals surface area contributed by atoms with Gasteiger partial charge in [0.2, 0.25) is 0 Å². The van der Waals surface area contributed by atoms with Gasteiger partial charge >= 0.3 is 0 Å². The van der Waals surface area contributed by atoms with Crippen LogP contribution in [0.1, 0.15) is 59.8 Å². The highest BCUT2D eigenvalue weighted by atomic mass is 16.5. The zero-order chi connectivity index (χ0) is 14.1. The molecular weight excluding hydrogens is 238 g/mol. The Kier molecular flexibility index (Phi) is 4.59. The second kappa shape index (κ2) is 5.71. The van der Waals surface area contributed by atoms with Crippen LogP contribution >= 0.6 is 0 Å². The van der Waals surface area contributed by atoms with Gasteiger partial charge in [-0.1, -0.05) is 19.3 Å². The molecule has 1 aliphatic heterocycles. The van der Waals surface area contributed by atoms with E-state index in [0.29, 0.717) is 5.92 Å². The van der Waals surface area contributed by atoms with E-state index in [1.165, 1.54) is 25.7 Å². The minimum Gasteiger partial charge on any atom is -0.393 e. The zero-order valence-corrected chi connectivity index (χ0v) is 13.1. The van der Waals surface area contributed by atoms with Crippen molar-refractivity contribution in [2.45, 2.75) is 77.1 Å². The van der Waals surface area contributed by atoms with Crippen LogP contribution in [0.3, 0.4) is 0 Å². The van der Waals surface area contributed by atoms with E-state index in [2.05, 4.69) is 32.6 Å². The number of nitrogens with zero attached hydrogens (tertiary/aromatic N) is 1. The minimum atomic E-state index is -0.100. The molecule has 0 aromatic rings. The molecule has 3 nitrogen and oxygen atoms in total. The summed E-state index contributed by atoms with van der Waals surface area (Å²) in [5.41, 5.74) is -0.172. The van der Waals surface area contributed by atoms with Crippen LogP contribution in [0.25, 0.3) is 0 Å². The number of rotatable bonds is 2. The Labute approximate surface area is 118 Å². The third-order valence-corrected chi connectivity index (χ3v) is 4.37. The highest BCUT2D eigenvalue weighted by Crippen LogP contribution is 2.31. The summed E-state index contributed by atoms with van der Waals surface area (Å²) in [7, 11) is 0. The Balaban J connectivity index is 1.97. The number of ether oxygens (including phenoxy) is 1. The molecule has 2 fully saturated rings. The molecule has 0 aromatic heterocycles. The van der Waals surface area contributed by atoms with Crippen molar-refractivity contribution in [1.82, 2.24) is 4.90 Å². The van der Waals surface area contributed by atoms with E-state index in [-0.39, 0.29) is 17.3 Å². The maximum atomic E-state index is 10.3. The first-order valence-corrected chi connectivity index (χ1v) is 7.88. The molecule has 2 unspecified atom stereocenters. The third kappa shape index (κ3) is 4.44. The van der Waals surface area contributed by atoms with Gasteiger partial charge in [0.05, 0.1) is 17.3 Å². The lowest BCUT2D eigenvalue weighted by atomic mass is 9.93. The average molecular weight is 269 g/mol. The Hall–Kier alpha value is -0.120. The summed E-state index contributed by atoms with van der Waals surface area (Å²) in [5.74, 6) is 0.451. The number of hydrogen-bond acceptors (Lipinski definition) is 3. The van der Waals surface area contributed by atoms with Crippen LogP contribution in [0, 0.1) is 5.92 Å². The van der Waals surface area contributed by atoms with Gasteiger partial charge in [-0.05, 0) is 46.5 Å². The largest absolute Gasteiger partial charge is 0.393 e. The van der Waals surface area contributed by atoms with Gasteiger partial charge in [0, 0.05) is 19.6 Å². The molecule has 112 valence electrons. The fourth-order valence-corrected chi connectivity index (χ4v) is 3.98. The summed E-state index contributed by atoms with van der Waals surface area (Å²) >= 11 is 0. The van der Waals surface area contributed by atoms with Crippen LogP contribution in [0.4, 0.5) is 0 Å². The second-order valence-corrected chi connectivity index (χ2v) is 7.76. The van der Waals surface area contributed by atoms with Crippen molar-refractivity contribution in [3.63, 3.8) is 0 Å². The molecule has 0 bridgehead atoms. The summed E-state index contributed by atoms with van der Waals surface area (Å²) in [4.78, 5) is 2.50. The van der Waals surface area contributed by atoms with Crippen molar-refractivity contribution in [3.05, 3.63) is 0 Å². The maximum absolute atomic E-state index is 10.3. The summed E-state index contributed by atoms with van der Waals surface area (Å²) in [6, 6.07) is 0. The van der Waals surface area contributed by atoms with Crippen molar-refractivity contribution in [1.29, 1.82) is 0 Å². The van der Waals surface area contributed by atoms with Gasteiger partial charge in [0.15, 0.2) is 0 Å². The third-order valence-electron chi connectivity index (χ3n) is 4.37. The summed E-state index contributed by atoms with van der Waals surface area (Å²) in [6.45, 7) is 11.7. The van der Waals surface area contributed by atoms with Crippen LogP contribution in [0.15, 0.2) is 0 Å². The van der Waals surface area contributed by atoms with E-state index in [1.54, 1.807) is 0 Å². The van der Waals surface area contributed by atoms with Gasteiger partial charge in [-0.25, -0.2) is 0 Å². The lowest BCUT2D eigenvalue weighted by molar-refractivity contribution is -0.183. The topological polar surface area (TPSA) is 32.7 Å². The Morgan fingerprint density at radius 3 is 2.21 bits per heavy atom.